The van der Waals surface area contributed by atoms with Crippen LogP contribution in [0.3, 0.4) is 0 Å². The van der Waals surface area contributed by atoms with Gasteiger partial charge >= 0.3 is 0 Å². The molecule has 0 aliphatic rings. The number of benzene rings is 2. The third-order valence-electron chi connectivity index (χ3n) is 3.38. The Morgan fingerprint density at radius 3 is 1.86 bits per heavy atom. The second kappa shape index (κ2) is 7.43. The van der Waals surface area contributed by atoms with E-state index in [1.54, 1.807) is 11.3 Å². The number of aromatic nitrogens is 1. The maximum Gasteiger partial charge on any atom is 0.186 e. The van der Waals surface area contributed by atoms with Crippen LogP contribution < -0.4 is 4.90 Å². The zero-order valence-corrected chi connectivity index (χ0v) is 13.7. The Kier molecular flexibility index (Phi) is 5.09. The summed E-state index contributed by atoms with van der Waals surface area (Å²) in [7, 11) is 0. The van der Waals surface area contributed by atoms with E-state index in [0.717, 1.165) is 23.9 Å². The molecule has 3 rings (SSSR count). The molecular weight excluding hydrogens is 312 g/mol. The van der Waals surface area contributed by atoms with Crippen molar-refractivity contribution in [2.45, 2.75) is 19.0 Å². The fourth-order valence-corrected chi connectivity index (χ4v) is 3.36. The zero-order valence-electron chi connectivity index (χ0n) is 12.2. The van der Waals surface area contributed by atoms with Crippen LogP contribution >= 0.6 is 22.9 Å². The first-order valence-corrected chi connectivity index (χ1v) is 8.60. The minimum absolute atomic E-state index is 0.459. The molecular formula is C18H17ClN2S. The Balaban J connectivity index is 1.84. The third kappa shape index (κ3) is 3.87. The van der Waals surface area contributed by atoms with E-state index in [2.05, 4.69) is 58.4 Å². The molecule has 22 heavy (non-hydrogen) atoms. The average Bonchev–Trinajstić information content (AvgIpc) is 3.05. The molecule has 112 valence electrons. The molecule has 4 heteroatoms. The Bertz CT molecular complexity index is 656. The molecule has 1 heterocycles. The largest absolute Gasteiger partial charge is 0.339 e. The van der Waals surface area contributed by atoms with E-state index in [1.165, 1.54) is 11.1 Å². The number of halogens is 1. The van der Waals surface area contributed by atoms with E-state index in [4.69, 9.17) is 11.6 Å². The van der Waals surface area contributed by atoms with E-state index in [9.17, 15) is 0 Å². The van der Waals surface area contributed by atoms with Crippen molar-refractivity contribution in [2.24, 2.45) is 0 Å². The fourth-order valence-electron chi connectivity index (χ4n) is 2.30. The molecule has 0 aliphatic heterocycles. The minimum atomic E-state index is 0.459. The van der Waals surface area contributed by atoms with Crippen LogP contribution in [-0.2, 0) is 19.0 Å². The van der Waals surface area contributed by atoms with Gasteiger partial charge in [-0.25, -0.2) is 4.98 Å². The number of hydrogen-bond donors (Lipinski definition) is 0. The van der Waals surface area contributed by atoms with Gasteiger partial charge in [-0.1, -0.05) is 60.7 Å². The molecule has 0 amide bonds. The van der Waals surface area contributed by atoms with Crippen LogP contribution in [0, 0.1) is 0 Å². The van der Waals surface area contributed by atoms with Gasteiger partial charge in [0.15, 0.2) is 5.13 Å². The van der Waals surface area contributed by atoms with Gasteiger partial charge < -0.3 is 4.90 Å². The van der Waals surface area contributed by atoms with Gasteiger partial charge in [0, 0.05) is 18.5 Å². The summed E-state index contributed by atoms with van der Waals surface area (Å²) < 4.78 is 0. The fraction of sp³-hybridized carbons (Fsp3) is 0.167. The molecule has 0 saturated heterocycles. The molecule has 0 aliphatic carbocycles. The van der Waals surface area contributed by atoms with E-state index in [-0.39, 0.29) is 0 Å². The van der Waals surface area contributed by atoms with E-state index < -0.39 is 0 Å². The van der Waals surface area contributed by atoms with Crippen LogP contribution in [0.5, 0.6) is 0 Å². The average molecular weight is 329 g/mol. The molecule has 3 aromatic rings. The van der Waals surface area contributed by atoms with Crippen LogP contribution in [0.4, 0.5) is 5.13 Å². The zero-order chi connectivity index (χ0) is 15.2. The van der Waals surface area contributed by atoms with Crippen molar-refractivity contribution in [1.82, 2.24) is 4.98 Å². The quantitative estimate of drug-likeness (QED) is 0.586. The lowest BCUT2D eigenvalue weighted by atomic mass is 10.2. The molecule has 0 unspecified atom stereocenters. The van der Waals surface area contributed by atoms with Crippen molar-refractivity contribution >= 4 is 28.1 Å². The highest BCUT2D eigenvalue weighted by Crippen LogP contribution is 2.25. The number of thiazole rings is 1. The molecule has 0 radical (unpaired) electrons. The summed E-state index contributed by atoms with van der Waals surface area (Å²) in [5.41, 5.74) is 3.50. The first-order chi connectivity index (χ1) is 10.8. The highest BCUT2D eigenvalue weighted by molar-refractivity contribution is 7.13. The lowest BCUT2D eigenvalue weighted by molar-refractivity contribution is 0.793. The number of alkyl halides is 1. The van der Waals surface area contributed by atoms with Gasteiger partial charge in [0.2, 0.25) is 0 Å². The molecule has 1 aromatic heterocycles. The van der Waals surface area contributed by atoms with Gasteiger partial charge in [0.25, 0.3) is 0 Å². The van der Waals surface area contributed by atoms with Crippen LogP contribution in [-0.4, -0.2) is 4.98 Å². The summed E-state index contributed by atoms with van der Waals surface area (Å²) in [4.78, 5) is 6.93. The Morgan fingerprint density at radius 2 is 1.41 bits per heavy atom. The van der Waals surface area contributed by atoms with Crippen molar-refractivity contribution in [2.75, 3.05) is 4.90 Å². The molecule has 2 aromatic carbocycles. The standard InChI is InChI=1S/C18H17ClN2S/c19-11-17-14-22-18(20-17)21(12-15-7-3-1-4-8-15)13-16-9-5-2-6-10-16/h1-10,14H,11-13H2. The minimum Gasteiger partial charge on any atom is -0.339 e. The van der Waals surface area contributed by atoms with Gasteiger partial charge in [-0.3, -0.25) is 0 Å². The van der Waals surface area contributed by atoms with Crippen molar-refractivity contribution in [3.05, 3.63) is 82.9 Å². The summed E-state index contributed by atoms with van der Waals surface area (Å²) in [5.74, 6) is 0.459. The number of rotatable bonds is 6. The Morgan fingerprint density at radius 1 is 0.864 bits per heavy atom. The lowest BCUT2D eigenvalue weighted by Crippen LogP contribution is -2.22. The summed E-state index contributed by atoms with van der Waals surface area (Å²) in [6.45, 7) is 1.68. The highest BCUT2D eigenvalue weighted by atomic mass is 35.5. The van der Waals surface area contributed by atoms with Gasteiger partial charge in [0.1, 0.15) is 0 Å². The third-order valence-corrected chi connectivity index (χ3v) is 4.60. The number of nitrogens with zero attached hydrogens (tertiary/aromatic N) is 2. The molecule has 0 spiro atoms. The van der Waals surface area contributed by atoms with Crippen molar-refractivity contribution in [1.29, 1.82) is 0 Å². The van der Waals surface area contributed by atoms with Crippen molar-refractivity contribution < 1.29 is 0 Å². The summed E-state index contributed by atoms with van der Waals surface area (Å²) in [6.07, 6.45) is 0. The summed E-state index contributed by atoms with van der Waals surface area (Å²) in [6, 6.07) is 21.0. The van der Waals surface area contributed by atoms with Crippen molar-refractivity contribution in [3.8, 4) is 0 Å². The molecule has 0 atom stereocenters. The van der Waals surface area contributed by atoms with Gasteiger partial charge in [-0.05, 0) is 11.1 Å². The summed E-state index contributed by atoms with van der Waals surface area (Å²) >= 11 is 7.54. The first kappa shape index (κ1) is 15.1. The second-order valence-electron chi connectivity index (χ2n) is 5.08. The van der Waals surface area contributed by atoms with E-state index >= 15 is 0 Å². The van der Waals surface area contributed by atoms with E-state index in [1.807, 2.05) is 17.5 Å². The SMILES string of the molecule is ClCc1csc(N(Cc2ccccc2)Cc2ccccc2)n1. The molecule has 0 fully saturated rings. The maximum atomic E-state index is 5.89. The van der Waals surface area contributed by atoms with Gasteiger partial charge in [-0.2, -0.15) is 0 Å². The smallest absolute Gasteiger partial charge is 0.186 e. The monoisotopic (exact) mass is 328 g/mol. The first-order valence-electron chi connectivity index (χ1n) is 7.18. The lowest BCUT2D eigenvalue weighted by Gasteiger charge is -2.22. The predicted molar refractivity (Wildman–Crippen MR) is 94.4 cm³/mol. The second-order valence-corrected chi connectivity index (χ2v) is 6.19. The number of hydrogen-bond acceptors (Lipinski definition) is 3. The topological polar surface area (TPSA) is 16.1 Å². The van der Waals surface area contributed by atoms with Gasteiger partial charge in [-0.15, -0.1) is 22.9 Å². The van der Waals surface area contributed by atoms with Crippen LogP contribution in [0.1, 0.15) is 16.8 Å². The van der Waals surface area contributed by atoms with Gasteiger partial charge in [0.05, 0.1) is 11.6 Å². The normalized spacial score (nSPS) is 10.6. The highest BCUT2D eigenvalue weighted by Gasteiger charge is 2.12. The maximum absolute atomic E-state index is 5.89. The molecule has 0 N–H and O–H groups in total. The summed E-state index contributed by atoms with van der Waals surface area (Å²) in [5, 5.41) is 3.05. The van der Waals surface area contributed by atoms with Crippen molar-refractivity contribution in [3.63, 3.8) is 0 Å². The van der Waals surface area contributed by atoms with E-state index in [0.29, 0.717) is 5.88 Å². The van der Waals surface area contributed by atoms with Crippen LogP contribution in [0.2, 0.25) is 0 Å². The molecule has 0 bridgehead atoms. The number of anilines is 1. The predicted octanol–water partition coefficient (Wildman–Crippen LogP) is 5.09. The Hall–Kier alpha value is -1.84. The van der Waals surface area contributed by atoms with Crippen LogP contribution in [0.25, 0.3) is 0 Å². The van der Waals surface area contributed by atoms with Crippen LogP contribution in [0.15, 0.2) is 66.0 Å². The Labute approximate surface area is 140 Å². The molecule has 2 nitrogen and oxygen atoms in total. The molecule has 0 saturated carbocycles.